The van der Waals surface area contributed by atoms with Crippen LogP contribution in [0.4, 0.5) is 4.79 Å². The van der Waals surface area contributed by atoms with Crippen LogP contribution in [0.25, 0.3) is 0 Å². The summed E-state index contributed by atoms with van der Waals surface area (Å²) in [6.07, 6.45) is -1.37. The number of para-hydroxylation sites is 1. The zero-order valence-electron chi connectivity index (χ0n) is 17.6. The van der Waals surface area contributed by atoms with Gasteiger partial charge in [0.2, 0.25) is 0 Å². The van der Waals surface area contributed by atoms with E-state index in [2.05, 4.69) is 5.32 Å². The van der Waals surface area contributed by atoms with Crippen molar-refractivity contribution in [3.63, 3.8) is 0 Å². The summed E-state index contributed by atoms with van der Waals surface area (Å²) in [5, 5.41) is 10.9. The van der Waals surface area contributed by atoms with Crippen molar-refractivity contribution in [3.8, 4) is 11.8 Å². The fourth-order valence-electron chi connectivity index (χ4n) is 2.11. The van der Waals surface area contributed by atoms with Crippen LogP contribution in [-0.4, -0.2) is 42.0 Å². The van der Waals surface area contributed by atoms with Crippen molar-refractivity contribution in [3.05, 3.63) is 23.8 Å². The van der Waals surface area contributed by atoms with Gasteiger partial charge in [-0.2, -0.15) is 5.26 Å². The van der Waals surface area contributed by atoms with E-state index >= 15 is 0 Å². The summed E-state index contributed by atoms with van der Waals surface area (Å²) in [4.78, 5) is 37.6. The molecule has 0 fully saturated rings. The molecule has 0 unspecified atom stereocenters. The molecule has 1 rings (SSSR count). The fraction of sp³-hybridized carbons (Fsp3) is 0.500. The molecule has 10 heteroatoms. The van der Waals surface area contributed by atoms with Gasteiger partial charge >= 0.3 is 18.0 Å². The second-order valence-electron chi connectivity index (χ2n) is 7.03. The highest BCUT2D eigenvalue weighted by Gasteiger charge is 2.29. The number of amides is 1. The second kappa shape index (κ2) is 12.3. The van der Waals surface area contributed by atoms with Crippen LogP contribution < -0.4 is 10.1 Å². The Balaban J connectivity index is 2.93. The second-order valence-corrected chi connectivity index (χ2v) is 9.66. The number of aryl methyl sites for hydroxylation is 1. The van der Waals surface area contributed by atoms with Crippen LogP contribution in [0.2, 0.25) is 0 Å². The van der Waals surface area contributed by atoms with Gasteiger partial charge in [0.1, 0.15) is 23.5 Å². The lowest BCUT2D eigenvalue weighted by molar-refractivity contribution is -0.148. The van der Waals surface area contributed by atoms with Gasteiger partial charge in [0.15, 0.2) is 6.61 Å². The van der Waals surface area contributed by atoms with Gasteiger partial charge in [-0.25, -0.2) is 9.59 Å². The van der Waals surface area contributed by atoms with Crippen LogP contribution in [0.15, 0.2) is 23.1 Å². The van der Waals surface area contributed by atoms with E-state index in [9.17, 15) is 14.4 Å². The third kappa shape index (κ3) is 9.41. The minimum atomic E-state index is -1.36. The number of carbonyl (C=O) groups excluding carboxylic acids is 3. The molecule has 0 bridgehead atoms. The van der Waals surface area contributed by atoms with Gasteiger partial charge in [-0.3, -0.25) is 4.79 Å². The number of hydrogen-bond donors (Lipinski definition) is 1. The molecular formula is C20H26N2O6S2. The first-order valence-electron chi connectivity index (χ1n) is 9.20. The molecule has 0 heterocycles. The molecule has 1 N–H and O–H groups in total. The molecule has 1 aromatic carbocycles. The van der Waals surface area contributed by atoms with Gasteiger partial charge in [0.25, 0.3) is 0 Å². The van der Waals surface area contributed by atoms with E-state index in [1.54, 1.807) is 50.6 Å². The molecule has 0 aliphatic rings. The summed E-state index contributed by atoms with van der Waals surface area (Å²) in [5.74, 6) is -0.392. The van der Waals surface area contributed by atoms with Crippen molar-refractivity contribution >= 4 is 39.6 Å². The molecule has 0 aliphatic heterocycles. The highest BCUT2D eigenvalue weighted by molar-refractivity contribution is 8.76. The number of hydrogen-bond acceptors (Lipinski definition) is 9. The zero-order valence-corrected chi connectivity index (χ0v) is 19.3. The van der Waals surface area contributed by atoms with E-state index in [1.165, 1.54) is 10.8 Å². The minimum Gasteiger partial charge on any atom is -0.449 e. The van der Waals surface area contributed by atoms with Crippen LogP contribution in [0.5, 0.6) is 5.75 Å². The van der Waals surface area contributed by atoms with E-state index in [-0.39, 0.29) is 0 Å². The molecule has 1 aromatic rings. The van der Waals surface area contributed by atoms with Crippen LogP contribution >= 0.6 is 21.6 Å². The molecule has 8 nitrogen and oxygen atoms in total. The maximum Gasteiger partial charge on any atom is 0.408 e. The number of rotatable bonds is 9. The van der Waals surface area contributed by atoms with Crippen LogP contribution in [0.1, 0.15) is 39.7 Å². The third-order valence-electron chi connectivity index (χ3n) is 3.28. The molecule has 0 radical (unpaired) electrons. The molecule has 1 atom stereocenters. The SMILES string of the molecule is CCSSc1cccc(C)c1OC(=O)C[C@H](NC(=O)OC(C)(C)C)C(=O)OCC#N. The average Bonchev–Trinajstić information content (AvgIpc) is 2.64. The van der Waals surface area contributed by atoms with Gasteiger partial charge in [0.05, 0.1) is 11.3 Å². The zero-order chi connectivity index (χ0) is 22.7. The fourth-order valence-corrected chi connectivity index (χ4v) is 3.90. The highest BCUT2D eigenvalue weighted by atomic mass is 33.1. The number of nitrogens with zero attached hydrogens (tertiary/aromatic N) is 1. The van der Waals surface area contributed by atoms with Gasteiger partial charge in [-0.1, -0.05) is 40.6 Å². The summed E-state index contributed by atoms with van der Waals surface area (Å²) < 4.78 is 15.4. The number of esters is 2. The normalized spacial score (nSPS) is 11.7. The summed E-state index contributed by atoms with van der Waals surface area (Å²) >= 11 is 0. The number of benzene rings is 1. The van der Waals surface area contributed by atoms with E-state index < -0.39 is 42.7 Å². The quantitative estimate of drug-likeness (QED) is 0.336. The molecule has 0 saturated heterocycles. The number of nitrogens with one attached hydrogen (secondary N) is 1. The lowest BCUT2D eigenvalue weighted by atomic mass is 10.2. The first kappa shape index (κ1) is 25.7. The van der Waals surface area contributed by atoms with Crippen molar-refractivity contribution in [1.29, 1.82) is 5.26 Å². The number of nitriles is 1. The maximum atomic E-state index is 12.5. The molecule has 0 spiro atoms. The Morgan fingerprint density at radius 2 is 1.97 bits per heavy atom. The number of alkyl carbamates (subject to hydrolysis) is 1. The summed E-state index contributed by atoms with van der Waals surface area (Å²) in [7, 11) is 3.08. The van der Waals surface area contributed by atoms with Crippen molar-refractivity contribution in [2.45, 2.75) is 57.6 Å². The average molecular weight is 455 g/mol. The molecule has 30 heavy (non-hydrogen) atoms. The van der Waals surface area contributed by atoms with E-state index in [0.29, 0.717) is 5.75 Å². The lowest BCUT2D eigenvalue weighted by Crippen LogP contribution is -2.45. The van der Waals surface area contributed by atoms with Crippen molar-refractivity contribution < 1.29 is 28.6 Å². The van der Waals surface area contributed by atoms with Crippen LogP contribution in [0, 0.1) is 18.3 Å². The Labute approximate surface area is 184 Å². The first-order valence-corrected chi connectivity index (χ1v) is 11.5. The topological polar surface area (TPSA) is 115 Å². The van der Waals surface area contributed by atoms with E-state index in [1.807, 2.05) is 19.1 Å². The van der Waals surface area contributed by atoms with Gasteiger partial charge in [0, 0.05) is 5.75 Å². The molecule has 1 amide bonds. The predicted molar refractivity (Wildman–Crippen MR) is 115 cm³/mol. The monoisotopic (exact) mass is 454 g/mol. The van der Waals surface area contributed by atoms with Crippen LogP contribution in [0.3, 0.4) is 0 Å². The summed E-state index contributed by atoms with van der Waals surface area (Å²) in [5.41, 5.74) is -0.0376. The van der Waals surface area contributed by atoms with Gasteiger partial charge in [-0.15, -0.1) is 0 Å². The smallest absolute Gasteiger partial charge is 0.408 e. The van der Waals surface area contributed by atoms with Crippen molar-refractivity contribution in [2.75, 3.05) is 12.4 Å². The molecule has 0 aromatic heterocycles. The number of ether oxygens (including phenoxy) is 3. The standard InChI is InChI=1S/C20H26N2O6S2/c1-6-29-30-15-9-7-8-13(2)17(15)27-16(23)12-14(18(24)26-11-10-21)22-19(25)28-20(3,4)5/h7-9,14H,6,11-12H2,1-5H3,(H,22,25)/t14-/m0/s1. The molecule has 164 valence electrons. The Morgan fingerprint density at radius 1 is 1.27 bits per heavy atom. The molecular weight excluding hydrogens is 428 g/mol. The van der Waals surface area contributed by atoms with E-state index in [4.69, 9.17) is 19.5 Å². The largest absolute Gasteiger partial charge is 0.449 e. The van der Waals surface area contributed by atoms with Gasteiger partial charge in [-0.05, 0) is 39.3 Å². The predicted octanol–water partition coefficient (Wildman–Crippen LogP) is 4.01. The third-order valence-corrected chi connectivity index (χ3v) is 5.74. The Bertz CT molecular complexity index is 801. The Hall–Kier alpha value is -2.38. The molecule has 0 saturated carbocycles. The first-order chi connectivity index (χ1) is 14.1. The Kier molecular flexibility index (Phi) is 10.6. The maximum absolute atomic E-state index is 12.5. The minimum absolute atomic E-state index is 0.398. The van der Waals surface area contributed by atoms with Crippen molar-refractivity contribution in [1.82, 2.24) is 5.32 Å². The lowest BCUT2D eigenvalue weighted by Gasteiger charge is -2.22. The Morgan fingerprint density at radius 3 is 2.57 bits per heavy atom. The van der Waals surface area contributed by atoms with Crippen molar-refractivity contribution in [2.24, 2.45) is 0 Å². The highest BCUT2D eigenvalue weighted by Crippen LogP contribution is 2.39. The van der Waals surface area contributed by atoms with Gasteiger partial charge < -0.3 is 19.5 Å². The summed E-state index contributed by atoms with van der Waals surface area (Å²) in [6, 6.07) is 5.81. The number of carbonyl (C=O) groups is 3. The van der Waals surface area contributed by atoms with E-state index in [0.717, 1.165) is 16.2 Å². The summed E-state index contributed by atoms with van der Waals surface area (Å²) in [6.45, 7) is 8.30. The molecule has 0 aliphatic carbocycles. The van der Waals surface area contributed by atoms with Crippen LogP contribution in [-0.2, 0) is 19.1 Å².